The third-order valence-electron chi connectivity index (χ3n) is 6.51. The zero-order valence-electron chi connectivity index (χ0n) is 20.5. The molecule has 1 aromatic carbocycles. The van der Waals surface area contributed by atoms with Crippen LogP contribution in [-0.4, -0.2) is 89.1 Å². The van der Waals surface area contributed by atoms with E-state index < -0.39 is 53.1 Å². The molecule has 0 bridgehead atoms. The van der Waals surface area contributed by atoms with Gasteiger partial charge in [-0.25, -0.2) is 9.71 Å². The predicted octanol–water partition coefficient (Wildman–Crippen LogP) is -1.12. The number of aliphatic hydroxyl groups excluding tert-OH is 2. The molecule has 4 heterocycles. The van der Waals surface area contributed by atoms with Gasteiger partial charge in [0, 0.05) is 5.92 Å². The van der Waals surface area contributed by atoms with Gasteiger partial charge in [0.05, 0.1) is 30.4 Å². The van der Waals surface area contributed by atoms with E-state index in [1.54, 1.807) is 10.9 Å². The van der Waals surface area contributed by atoms with E-state index in [0.717, 1.165) is 18.5 Å². The molecule has 3 aromatic heterocycles. The molecular weight excluding hydrogens is 550 g/mol. The van der Waals surface area contributed by atoms with E-state index in [-0.39, 0.29) is 28.5 Å². The van der Waals surface area contributed by atoms with Crippen molar-refractivity contribution < 1.29 is 37.5 Å². The Labute approximate surface area is 225 Å². The summed E-state index contributed by atoms with van der Waals surface area (Å²) < 4.78 is 39.5. The van der Waals surface area contributed by atoms with Crippen molar-refractivity contribution in [3.63, 3.8) is 0 Å². The molecule has 2 fully saturated rings. The first kappa shape index (κ1) is 26.0. The van der Waals surface area contributed by atoms with Gasteiger partial charge in [0.1, 0.15) is 29.6 Å². The minimum Gasteiger partial charge on any atom is -0.507 e. The molecule has 210 valence electrons. The molecule has 4 atom stereocenters. The molecule has 0 radical (unpaired) electrons. The van der Waals surface area contributed by atoms with Crippen molar-refractivity contribution in [1.29, 1.82) is 0 Å². The van der Waals surface area contributed by atoms with Gasteiger partial charge in [0.25, 0.3) is 11.9 Å². The number of nitrogen functional groups attached to an aromatic ring is 1. The first-order valence-electron chi connectivity index (χ1n) is 12.0. The topological polar surface area (TPSA) is 243 Å². The van der Waals surface area contributed by atoms with E-state index in [9.17, 15) is 28.5 Å². The summed E-state index contributed by atoms with van der Waals surface area (Å²) >= 11 is 0. The maximum absolute atomic E-state index is 12.3. The van der Waals surface area contributed by atoms with Crippen LogP contribution in [0.5, 0.6) is 5.75 Å². The molecule has 1 saturated heterocycles. The van der Waals surface area contributed by atoms with Crippen LogP contribution >= 0.6 is 0 Å². The zero-order chi connectivity index (χ0) is 28.2. The Morgan fingerprint density at radius 3 is 2.73 bits per heavy atom. The Morgan fingerprint density at radius 1 is 1.20 bits per heavy atom. The summed E-state index contributed by atoms with van der Waals surface area (Å²) in [6, 6.07) is 5.33. The van der Waals surface area contributed by atoms with Gasteiger partial charge in [0.2, 0.25) is 0 Å². The van der Waals surface area contributed by atoms with Crippen molar-refractivity contribution in [2.75, 3.05) is 12.3 Å². The summed E-state index contributed by atoms with van der Waals surface area (Å²) in [6.45, 7) is -0.754. The predicted molar refractivity (Wildman–Crippen MR) is 133 cm³/mol. The number of nitrogens with one attached hydrogen (secondary N) is 1. The quantitative estimate of drug-likeness (QED) is 0.168. The lowest BCUT2D eigenvalue weighted by atomic mass is 10.1. The fourth-order valence-electron chi connectivity index (χ4n) is 4.27. The molecule has 2 aliphatic rings. The van der Waals surface area contributed by atoms with Gasteiger partial charge in [-0.1, -0.05) is 17.3 Å². The van der Waals surface area contributed by atoms with Crippen LogP contribution in [0.2, 0.25) is 0 Å². The van der Waals surface area contributed by atoms with Crippen LogP contribution < -0.4 is 10.5 Å². The molecule has 1 amide bonds. The number of nitrogens with zero attached hydrogens (tertiary/aromatic N) is 7. The molecular formula is C22H23N9O8S. The SMILES string of the molecule is Nc1nc(-n2cc(C3CC3)nn2)nc2c1ncn2[C@@H]1O[C@H](COS(=O)(=O)NC(=O)c2ccccc2O)[C@@H](O)[C@H]1O. The number of carbonyl (C=O) groups excluding carboxylic acids is 1. The molecule has 1 aliphatic heterocycles. The highest BCUT2D eigenvalue weighted by molar-refractivity contribution is 7.85. The first-order chi connectivity index (χ1) is 19.1. The van der Waals surface area contributed by atoms with Crippen molar-refractivity contribution >= 4 is 33.2 Å². The third kappa shape index (κ3) is 4.82. The van der Waals surface area contributed by atoms with Gasteiger partial charge in [-0.05, 0) is 25.0 Å². The maximum Gasteiger partial charge on any atom is 0.362 e. The number of imidazole rings is 1. The summed E-state index contributed by atoms with van der Waals surface area (Å²) in [4.78, 5) is 25.1. The second kappa shape index (κ2) is 9.75. The smallest absolute Gasteiger partial charge is 0.362 e. The summed E-state index contributed by atoms with van der Waals surface area (Å²) in [5.41, 5.74) is 6.96. The average molecular weight is 574 g/mol. The van der Waals surface area contributed by atoms with Gasteiger partial charge < -0.3 is 25.8 Å². The number of phenols is 1. The van der Waals surface area contributed by atoms with Gasteiger partial charge in [0.15, 0.2) is 17.7 Å². The molecule has 1 aliphatic carbocycles. The van der Waals surface area contributed by atoms with Crippen LogP contribution in [0.25, 0.3) is 17.1 Å². The normalized spacial score (nSPS) is 23.1. The molecule has 18 heteroatoms. The lowest BCUT2D eigenvalue weighted by Crippen LogP contribution is -2.37. The van der Waals surface area contributed by atoms with Crippen LogP contribution in [0.3, 0.4) is 0 Å². The summed E-state index contributed by atoms with van der Waals surface area (Å²) in [5, 5.41) is 39.2. The number of nitrogens with two attached hydrogens (primary N) is 1. The number of anilines is 1. The van der Waals surface area contributed by atoms with Crippen molar-refractivity contribution in [2.24, 2.45) is 0 Å². The second-order valence-corrected chi connectivity index (χ2v) is 10.7. The number of ether oxygens (including phenoxy) is 1. The molecule has 40 heavy (non-hydrogen) atoms. The number of phenolic OH excluding ortho intramolecular Hbond substituents is 1. The number of aromatic nitrogens is 7. The highest BCUT2D eigenvalue weighted by Crippen LogP contribution is 2.39. The molecule has 17 nitrogen and oxygen atoms in total. The molecule has 0 unspecified atom stereocenters. The minimum atomic E-state index is -4.68. The van der Waals surface area contributed by atoms with Crippen molar-refractivity contribution in [3.05, 3.63) is 48.0 Å². The lowest BCUT2D eigenvalue weighted by molar-refractivity contribution is -0.0468. The van der Waals surface area contributed by atoms with E-state index in [2.05, 4.69) is 25.3 Å². The molecule has 0 spiro atoms. The number of hydrogen-bond acceptors (Lipinski definition) is 14. The molecule has 6 N–H and O–H groups in total. The molecule has 6 rings (SSSR count). The molecule has 1 saturated carbocycles. The Balaban J connectivity index is 1.18. The largest absolute Gasteiger partial charge is 0.507 e. The highest BCUT2D eigenvalue weighted by atomic mass is 32.2. The number of aliphatic hydroxyl groups is 2. The number of para-hydroxylation sites is 1. The Kier molecular flexibility index (Phi) is 6.34. The van der Waals surface area contributed by atoms with Gasteiger partial charge in [-0.2, -0.15) is 23.1 Å². The van der Waals surface area contributed by atoms with Crippen LogP contribution in [0.4, 0.5) is 5.82 Å². The second-order valence-electron chi connectivity index (χ2n) is 9.33. The number of benzene rings is 1. The fourth-order valence-corrected chi connectivity index (χ4v) is 4.98. The average Bonchev–Trinajstić information content (AvgIpc) is 3.37. The first-order valence-corrected chi connectivity index (χ1v) is 13.5. The Bertz CT molecular complexity index is 1700. The third-order valence-corrected chi connectivity index (χ3v) is 7.40. The minimum absolute atomic E-state index is 0.0291. The van der Waals surface area contributed by atoms with Crippen LogP contribution in [0.15, 0.2) is 36.8 Å². The van der Waals surface area contributed by atoms with E-state index in [0.29, 0.717) is 5.92 Å². The van der Waals surface area contributed by atoms with Crippen LogP contribution in [-0.2, 0) is 19.2 Å². The fraction of sp³-hybridized carbons (Fsp3) is 0.364. The number of aromatic hydroxyl groups is 1. The van der Waals surface area contributed by atoms with E-state index in [4.69, 9.17) is 14.7 Å². The van der Waals surface area contributed by atoms with Gasteiger partial charge >= 0.3 is 10.3 Å². The number of fused-ring (bicyclic) bond motifs is 1. The standard InChI is InChI=1S/C22H23N9O8S/c23-18-15-19(26-22(25-18)31-7-12(27-29-31)10-5-6-10)30(9-24-15)21-17(34)16(33)14(39-21)8-38-40(36,37)28-20(35)11-3-1-2-4-13(11)32/h1-4,7,9-10,14,16-17,21,32-34H,5-6,8H2,(H,28,35)(H2,23,25,26)/t14-,16-,17-,21-/m1/s1. The number of rotatable bonds is 8. The summed E-state index contributed by atoms with van der Waals surface area (Å²) in [6.07, 6.45) is -0.668. The highest BCUT2D eigenvalue weighted by Gasteiger charge is 2.45. The van der Waals surface area contributed by atoms with Crippen molar-refractivity contribution in [1.82, 2.24) is 39.2 Å². The van der Waals surface area contributed by atoms with E-state index in [1.807, 2.05) is 0 Å². The van der Waals surface area contributed by atoms with E-state index >= 15 is 0 Å². The number of hydrogen-bond donors (Lipinski definition) is 5. The van der Waals surface area contributed by atoms with Gasteiger partial charge in [-0.3, -0.25) is 13.5 Å². The Morgan fingerprint density at radius 2 is 1.98 bits per heavy atom. The van der Waals surface area contributed by atoms with Crippen LogP contribution in [0.1, 0.15) is 41.0 Å². The molecule has 4 aromatic rings. The van der Waals surface area contributed by atoms with E-state index in [1.165, 1.54) is 39.8 Å². The van der Waals surface area contributed by atoms with Crippen molar-refractivity contribution in [3.8, 4) is 11.7 Å². The lowest BCUT2D eigenvalue weighted by Gasteiger charge is -2.16. The zero-order valence-corrected chi connectivity index (χ0v) is 21.3. The maximum atomic E-state index is 12.3. The summed E-state index contributed by atoms with van der Waals surface area (Å²) in [5.74, 6) is -1.07. The monoisotopic (exact) mass is 573 g/mol. The Hall–Kier alpha value is -4.23. The summed E-state index contributed by atoms with van der Waals surface area (Å²) in [7, 11) is -4.68. The van der Waals surface area contributed by atoms with Crippen LogP contribution in [0, 0.1) is 0 Å². The number of amides is 1. The van der Waals surface area contributed by atoms with Crippen molar-refractivity contribution in [2.45, 2.75) is 43.3 Å². The number of carbonyl (C=O) groups is 1. The van der Waals surface area contributed by atoms with Gasteiger partial charge in [-0.15, -0.1) is 5.10 Å².